The van der Waals surface area contributed by atoms with Gasteiger partial charge in [0.25, 0.3) is 0 Å². The van der Waals surface area contributed by atoms with Crippen molar-refractivity contribution in [1.29, 1.82) is 0 Å². The van der Waals surface area contributed by atoms with Crippen LogP contribution in [0.15, 0.2) is 42.5 Å². The molecule has 4 heteroatoms. The largest absolute Gasteiger partial charge is 0.491 e. The third-order valence-electron chi connectivity index (χ3n) is 3.17. The molecule has 0 amide bonds. The van der Waals surface area contributed by atoms with Crippen LogP contribution >= 0.6 is 0 Å². The van der Waals surface area contributed by atoms with Crippen LogP contribution in [-0.4, -0.2) is 19.8 Å². The number of hydrogen-bond acceptors (Lipinski definition) is 4. The molecule has 1 aliphatic rings. The topological polar surface area (TPSA) is 53.7 Å². The monoisotopic (exact) mass is 271 g/mol. The molecule has 3 rings (SSSR count). The number of anilines is 1. The summed E-state index contributed by atoms with van der Waals surface area (Å²) in [6.07, 6.45) is 0.842. The summed E-state index contributed by atoms with van der Waals surface area (Å²) in [5, 5.41) is 0. The van der Waals surface area contributed by atoms with Crippen molar-refractivity contribution in [2.45, 2.75) is 6.42 Å². The zero-order chi connectivity index (χ0) is 13.8. The van der Waals surface area contributed by atoms with Crippen molar-refractivity contribution in [3.63, 3.8) is 0 Å². The van der Waals surface area contributed by atoms with E-state index in [4.69, 9.17) is 19.9 Å². The average Bonchev–Trinajstić information content (AvgIpc) is 2.49. The first-order valence-corrected chi connectivity index (χ1v) is 6.69. The quantitative estimate of drug-likeness (QED) is 0.869. The number of fused-ring (bicyclic) bond motifs is 1. The van der Waals surface area contributed by atoms with Gasteiger partial charge in [0.05, 0.1) is 12.3 Å². The van der Waals surface area contributed by atoms with E-state index < -0.39 is 0 Å². The van der Waals surface area contributed by atoms with Crippen molar-refractivity contribution in [2.24, 2.45) is 0 Å². The molecule has 2 aromatic rings. The molecule has 0 unspecified atom stereocenters. The maximum absolute atomic E-state index is 5.96. The summed E-state index contributed by atoms with van der Waals surface area (Å²) in [5.41, 5.74) is 7.77. The van der Waals surface area contributed by atoms with E-state index in [-0.39, 0.29) is 0 Å². The van der Waals surface area contributed by atoms with Crippen LogP contribution in [0.25, 0.3) is 0 Å². The molecule has 0 radical (unpaired) electrons. The minimum Gasteiger partial charge on any atom is -0.491 e. The molecule has 4 nitrogen and oxygen atoms in total. The number of benzene rings is 2. The third-order valence-corrected chi connectivity index (χ3v) is 3.17. The van der Waals surface area contributed by atoms with Crippen molar-refractivity contribution < 1.29 is 14.2 Å². The Morgan fingerprint density at radius 2 is 1.70 bits per heavy atom. The normalized spacial score (nSPS) is 13.0. The van der Waals surface area contributed by atoms with Crippen molar-refractivity contribution >= 4 is 5.69 Å². The first-order valence-electron chi connectivity index (χ1n) is 6.69. The van der Waals surface area contributed by atoms with Crippen LogP contribution in [-0.2, 0) is 6.42 Å². The zero-order valence-electron chi connectivity index (χ0n) is 11.2. The Labute approximate surface area is 118 Å². The smallest absolute Gasteiger partial charge is 0.165 e. The van der Waals surface area contributed by atoms with Gasteiger partial charge >= 0.3 is 0 Å². The van der Waals surface area contributed by atoms with E-state index in [1.165, 1.54) is 5.56 Å². The Bertz CT molecular complexity index is 584. The van der Waals surface area contributed by atoms with Gasteiger partial charge in [-0.25, -0.2) is 0 Å². The Kier molecular flexibility index (Phi) is 3.63. The first-order chi connectivity index (χ1) is 9.83. The van der Waals surface area contributed by atoms with E-state index >= 15 is 0 Å². The molecule has 0 atom stereocenters. The highest BCUT2D eigenvalue weighted by Gasteiger charge is 2.15. The highest BCUT2D eigenvalue weighted by Crippen LogP contribution is 2.38. The van der Waals surface area contributed by atoms with Gasteiger partial charge in [0.15, 0.2) is 11.5 Å². The van der Waals surface area contributed by atoms with Crippen molar-refractivity contribution in [1.82, 2.24) is 0 Å². The summed E-state index contributed by atoms with van der Waals surface area (Å²) in [6, 6.07) is 13.8. The van der Waals surface area contributed by atoms with E-state index in [1.54, 1.807) is 12.1 Å². The maximum atomic E-state index is 5.96. The average molecular weight is 271 g/mol. The van der Waals surface area contributed by atoms with Crippen molar-refractivity contribution in [3.8, 4) is 17.2 Å². The van der Waals surface area contributed by atoms with E-state index in [9.17, 15) is 0 Å². The molecule has 20 heavy (non-hydrogen) atoms. The first kappa shape index (κ1) is 12.7. The zero-order valence-corrected chi connectivity index (χ0v) is 11.2. The highest BCUT2D eigenvalue weighted by atomic mass is 16.6. The van der Waals surface area contributed by atoms with Gasteiger partial charge in [-0.3, -0.25) is 0 Å². The highest BCUT2D eigenvalue weighted by molar-refractivity contribution is 5.62. The Hall–Kier alpha value is -2.36. The molecule has 0 bridgehead atoms. The molecule has 104 valence electrons. The molecule has 0 aromatic heterocycles. The Morgan fingerprint density at radius 3 is 2.45 bits per heavy atom. The van der Waals surface area contributed by atoms with Gasteiger partial charge in [0.2, 0.25) is 0 Å². The SMILES string of the molecule is Nc1cc2c(cc1OCCc1ccccc1)OCCO2. The fourth-order valence-corrected chi connectivity index (χ4v) is 2.13. The van der Waals surface area contributed by atoms with Gasteiger partial charge in [0, 0.05) is 18.6 Å². The molecule has 0 aliphatic carbocycles. The molecule has 2 N–H and O–H groups in total. The predicted octanol–water partition coefficient (Wildman–Crippen LogP) is 2.66. The van der Waals surface area contributed by atoms with E-state index in [1.807, 2.05) is 18.2 Å². The third kappa shape index (κ3) is 2.79. The van der Waals surface area contributed by atoms with Gasteiger partial charge < -0.3 is 19.9 Å². The van der Waals surface area contributed by atoms with Crippen LogP contribution in [0.2, 0.25) is 0 Å². The van der Waals surface area contributed by atoms with Crippen LogP contribution in [0.3, 0.4) is 0 Å². The molecule has 1 heterocycles. The van der Waals surface area contributed by atoms with Crippen molar-refractivity contribution in [3.05, 3.63) is 48.0 Å². The van der Waals surface area contributed by atoms with E-state index in [2.05, 4.69) is 12.1 Å². The van der Waals surface area contributed by atoms with Gasteiger partial charge in [0.1, 0.15) is 19.0 Å². The Morgan fingerprint density at radius 1 is 1.00 bits per heavy atom. The number of rotatable bonds is 4. The van der Waals surface area contributed by atoms with E-state index in [0.29, 0.717) is 42.8 Å². The van der Waals surface area contributed by atoms with Crippen LogP contribution < -0.4 is 19.9 Å². The lowest BCUT2D eigenvalue weighted by atomic mass is 10.2. The summed E-state index contributed by atoms with van der Waals surface area (Å²) in [5.74, 6) is 2.02. The lowest BCUT2D eigenvalue weighted by molar-refractivity contribution is 0.170. The van der Waals surface area contributed by atoms with Crippen LogP contribution in [0.1, 0.15) is 5.56 Å². The lowest BCUT2D eigenvalue weighted by Gasteiger charge is -2.20. The van der Waals surface area contributed by atoms with Crippen LogP contribution in [0.4, 0.5) is 5.69 Å². The fourth-order valence-electron chi connectivity index (χ4n) is 2.13. The second kappa shape index (κ2) is 5.74. The summed E-state index contributed by atoms with van der Waals surface area (Å²) in [6.45, 7) is 1.69. The predicted molar refractivity (Wildman–Crippen MR) is 77.5 cm³/mol. The minimum absolute atomic E-state index is 0.556. The second-order valence-electron chi connectivity index (χ2n) is 4.62. The van der Waals surface area contributed by atoms with Crippen LogP contribution in [0.5, 0.6) is 17.2 Å². The molecule has 2 aromatic carbocycles. The van der Waals surface area contributed by atoms with Crippen LogP contribution in [0, 0.1) is 0 Å². The standard InChI is InChI=1S/C16H17NO3/c17-13-10-15-16(20-9-8-19-15)11-14(13)18-7-6-12-4-2-1-3-5-12/h1-5,10-11H,6-9,17H2. The van der Waals surface area contributed by atoms with Gasteiger partial charge in [-0.2, -0.15) is 0 Å². The summed E-state index contributed by atoms with van der Waals surface area (Å²) in [4.78, 5) is 0. The van der Waals surface area contributed by atoms with Crippen molar-refractivity contribution in [2.75, 3.05) is 25.6 Å². The lowest BCUT2D eigenvalue weighted by Crippen LogP contribution is -2.16. The second-order valence-corrected chi connectivity index (χ2v) is 4.62. The number of ether oxygens (including phenoxy) is 3. The van der Waals surface area contributed by atoms with Gasteiger partial charge in [-0.15, -0.1) is 0 Å². The molecule has 0 saturated carbocycles. The molecule has 0 saturated heterocycles. The summed E-state index contributed by atoms with van der Waals surface area (Å²) < 4.78 is 16.7. The molecule has 1 aliphatic heterocycles. The molecular weight excluding hydrogens is 254 g/mol. The van der Waals surface area contributed by atoms with E-state index in [0.717, 1.165) is 6.42 Å². The number of nitrogens with two attached hydrogens (primary N) is 1. The van der Waals surface area contributed by atoms with Gasteiger partial charge in [-0.1, -0.05) is 30.3 Å². The Balaban J connectivity index is 1.65. The summed E-state index contributed by atoms with van der Waals surface area (Å²) in [7, 11) is 0. The molecule has 0 fully saturated rings. The fraction of sp³-hybridized carbons (Fsp3) is 0.250. The molecule has 0 spiro atoms. The number of hydrogen-bond donors (Lipinski definition) is 1. The molecular formula is C16H17NO3. The summed E-state index contributed by atoms with van der Waals surface area (Å²) >= 11 is 0. The minimum atomic E-state index is 0.556. The number of nitrogen functional groups attached to an aromatic ring is 1. The van der Waals surface area contributed by atoms with Gasteiger partial charge in [-0.05, 0) is 5.56 Å². The maximum Gasteiger partial charge on any atom is 0.165 e.